The third-order valence-electron chi connectivity index (χ3n) is 8.16. The second-order valence-electron chi connectivity index (χ2n) is 11.5. The van der Waals surface area contributed by atoms with Crippen LogP contribution in [0.15, 0.2) is 48.9 Å². The van der Waals surface area contributed by atoms with Crippen LogP contribution in [0.4, 0.5) is 4.39 Å². The van der Waals surface area contributed by atoms with E-state index >= 15 is 4.39 Å². The number of H-pyrrole nitrogens is 1. The van der Waals surface area contributed by atoms with Crippen LogP contribution in [0.25, 0.3) is 16.7 Å². The number of methoxy groups -OCH3 is 2. The maximum absolute atomic E-state index is 15.3. The Hall–Kier alpha value is -3.89. The number of rotatable bonds is 14. The van der Waals surface area contributed by atoms with Gasteiger partial charge >= 0.3 is 0 Å². The van der Waals surface area contributed by atoms with Crippen LogP contribution in [-0.2, 0) is 14.3 Å². The minimum atomic E-state index is -0.512. The van der Waals surface area contributed by atoms with Crippen molar-refractivity contribution in [2.75, 3.05) is 47.2 Å². The molecule has 0 saturated carbocycles. The van der Waals surface area contributed by atoms with E-state index in [9.17, 15) is 4.79 Å². The van der Waals surface area contributed by atoms with E-state index in [1.54, 1.807) is 51.6 Å². The molecule has 3 aromatic rings. The van der Waals surface area contributed by atoms with Crippen LogP contribution in [0.3, 0.4) is 0 Å². The molecule has 5 rings (SSSR count). The maximum atomic E-state index is 15.3. The molecule has 1 spiro atoms. The zero-order valence-corrected chi connectivity index (χ0v) is 29.2. The molecule has 4 heterocycles. The second-order valence-corrected chi connectivity index (χ2v) is 11.5. The van der Waals surface area contributed by atoms with Crippen molar-refractivity contribution in [1.82, 2.24) is 14.9 Å². The van der Waals surface area contributed by atoms with Gasteiger partial charge in [0, 0.05) is 61.3 Å². The van der Waals surface area contributed by atoms with Gasteiger partial charge in [0.1, 0.15) is 5.75 Å². The summed E-state index contributed by atoms with van der Waals surface area (Å²) in [5.74, 6) is 1.03. The number of nitrogens with one attached hydrogen (secondary N) is 1. The van der Waals surface area contributed by atoms with Gasteiger partial charge in [-0.3, -0.25) is 9.78 Å². The lowest BCUT2D eigenvalue weighted by molar-refractivity contribution is -0.199. The van der Waals surface area contributed by atoms with Crippen LogP contribution < -0.4 is 14.2 Å². The van der Waals surface area contributed by atoms with Gasteiger partial charge in [0.05, 0.1) is 38.0 Å². The molecule has 1 amide bonds. The molecule has 2 aromatic heterocycles. The van der Waals surface area contributed by atoms with Gasteiger partial charge in [-0.2, -0.15) is 0 Å². The highest BCUT2D eigenvalue weighted by molar-refractivity contribution is 5.88. The first-order chi connectivity index (χ1) is 22.8. The highest BCUT2D eigenvalue weighted by Crippen LogP contribution is 2.39. The summed E-state index contributed by atoms with van der Waals surface area (Å²) >= 11 is 0. The number of aryl methyl sites for hydroxylation is 2. The van der Waals surface area contributed by atoms with E-state index in [2.05, 4.69) is 23.5 Å². The number of aromatic amines is 1. The molecule has 2 fully saturated rings. The Morgan fingerprint density at radius 3 is 2.43 bits per heavy atom. The molecule has 0 aliphatic carbocycles. The zero-order valence-electron chi connectivity index (χ0n) is 29.2. The molecule has 47 heavy (non-hydrogen) atoms. The number of unbranched alkanes of at least 4 members (excludes halogenated alkanes) is 2. The number of ether oxygens (including phenoxy) is 5. The summed E-state index contributed by atoms with van der Waals surface area (Å²) in [5, 5.41) is 0.631. The molecule has 0 bridgehead atoms. The predicted octanol–water partition coefficient (Wildman–Crippen LogP) is 8.10. The van der Waals surface area contributed by atoms with E-state index in [-0.39, 0.29) is 17.2 Å². The number of carbonyl (C=O) groups excluding carboxylic acids is 1. The van der Waals surface area contributed by atoms with Crippen molar-refractivity contribution in [3.05, 3.63) is 65.8 Å². The first kappa shape index (κ1) is 37.6. The number of nitrogens with zero attached hydrogens (tertiary/aromatic N) is 2. The molecule has 10 heteroatoms. The number of likely N-dealkylation sites (tertiary alicyclic amines) is 1. The van der Waals surface area contributed by atoms with E-state index in [0.717, 1.165) is 25.3 Å². The fourth-order valence-electron chi connectivity index (χ4n) is 5.47. The number of hydrogen-bond donors (Lipinski definition) is 1. The average Bonchev–Trinajstić information content (AvgIpc) is 3.38. The number of aromatic nitrogens is 2. The number of carbonyl (C=O) groups is 1. The Morgan fingerprint density at radius 1 is 1.11 bits per heavy atom. The van der Waals surface area contributed by atoms with Crippen molar-refractivity contribution in [1.29, 1.82) is 0 Å². The maximum Gasteiger partial charge on any atom is 0.223 e. The van der Waals surface area contributed by atoms with E-state index in [1.165, 1.54) is 25.3 Å². The first-order valence-electron chi connectivity index (χ1n) is 16.6. The largest absolute Gasteiger partial charge is 0.493 e. The van der Waals surface area contributed by atoms with Crippen molar-refractivity contribution >= 4 is 22.6 Å². The van der Waals surface area contributed by atoms with Crippen LogP contribution in [0.5, 0.6) is 17.2 Å². The van der Waals surface area contributed by atoms with Crippen LogP contribution in [-0.4, -0.2) is 73.5 Å². The van der Waals surface area contributed by atoms with Crippen molar-refractivity contribution in [3.8, 4) is 17.2 Å². The van der Waals surface area contributed by atoms with Crippen LogP contribution in [0.2, 0.25) is 0 Å². The second kappa shape index (κ2) is 18.4. The Balaban J connectivity index is 0.000000593. The fourth-order valence-corrected chi connectivity index (χ4v) is 5.47. The molecule has 0 radical (unpaired) electrons. The highest BCUT2D eigenvalue weighted by atomic mass is 19.1. The van der Waals surface area contributed by atoms with Crippen LogP contribution in [0, 0.1) is 13.8 Å². The zero-order chi connectivity index (χ0) is 34.4. The number of fused-ring (bicyclic) bond motifs is 1. The standard InChI is InChI=1S/C29H32FN3O5.C6H14O.C2H6/c1-5-23(28(30)20-13-18(2)32-19(20)3)38-24-8-10-31-22-15-26(25(35-4)14-21(22)24)37-12-6-7-27(34)33-11-9-29(33)16-36-17-29;1-3-4-5-6-7-2;1-2/h5,8,10,13-15,32H,1,6-7,9,11-12,16-17H2,2-4H3;3-6H2,1-2H3;1-2H3/b28-23-;;. The monoisotopic (exact) mass is 653 g/mol. The third kappa shape index (κ3) is 9.35. The lowest BCUT2D eigenvalue weighted by atomic mass is 9.82. The number of pyridine rings is 1. The molecule has 1 aromatic carbocycles. The Morgan fingerprint density at radius 2 is 1.87 bits per heavy atom. The molecule has 2 aliphatic heterocycles. The average molecular weight is 654 g/mol. The lowest BCUT2D eigenvalue weighted by Gasteiger charge is -2.57. The number of benzene rings is 1. The normalized spacial score (nSPS) is 14.9. The van der Waals surface area contributed by atoms with Crippen LogP contribution >= 0.6 is 0 Å². The molecule has 9 nitrogen and oxygen atoms in total. The minimum absolute atomic E-state index is 0.000932. The molecule has 2 aliphatic rings. The van der Waals surface area contributed by atoms with Crippen molar-refractivity contribution in [3.63, 3.8) is 0 Å². The molecule has 258 valence electrons. The number of amides is 1. The van der Waals surface area contributed by atoms with Gasteiger partial charge in [-0.15, -0.1) is 0 Å². The molecular formula is C37H52FN3O6. The highest BCUT2D eigenvalue weighted by Gasteiger charge is 2.52. The summed E-state index contributed by atoms with van der Waals surface area (Å²) < 4.78 is 43.0. The molecule has 2 saturated heterocycles. The predicted molar refractivity (Wildman–Crippen MR) is 185 cm³/mol. The van der Waals surface area contributed by atoms with Crippen molar-refractivity contribution in [2.45, 2.75) is 78.7 Å². The molecular weight excluding hydrogens is 601 g/mol. The fraction of sp³-hybridized carbons (Fsp3) is 0.514. The van der Waals surface area contributed by atoms with Gasteiger partial charge < -0.3 is 33.6 Å². The summed E-state index contributed by atoms with van der Waals surface area (Å²) in [6.45, 7) is 17.0. The summed E-state index contributed by atoms with van der Waals surface area (Å²) in [7, 11) is 3.29. The smallest absolute Gasteiger partial charge is 0.223 e. The number of hydrogen-bond acceptors (Lipinski definition) is 7. The SMILES string of the molecule is C=C/C(Oc1ccnc2cc(OCCCC(=O)N3CCC34COC4)c(OC)cc12)=C(/F)c1cc(C)[nH]c1C.CC.CCCCCOC. The Bertz CT molecular complexity index is 1490. The Kier molecular flexibility index (Phi) is 14.7. The molecule has 0 atom stereocenters. The van der Waals surface area contributed by atoms with E-state index in [1.807, 2.05) is 25.7 Å². The van der Waals surface area contributed by atoms with Crippen molar-refractivity contribution < 1.29 is 32.9 Å². The molecule has 1 N–H and O–H groups in total. The van der Waals surface area contributed by atoms with E-state index in [0.29, 0.717) is 72.1 Å². The quantitative estimate of drug-likeness (QED) is 0.107. The Labute approximate surface area is 279 Å². The minimum Gasteiger partial charge on any atom is -0.493 e. The summed E-state index contributed by atoms with van der Waals surface area (Å²) in [6, 6.07) is 6.90. The lowest BCUT2D eigenvalue weighted by Crippen LogP contribution is -2.72. The summed E-state index contributed by atoms with van der Waals surface area (Å²) in [6.07, 6.45) is 8.74. The van der Waals surface area contributed by atoms with Crippen LogP contribution in [0.1, 0.15) is 76.2 Å². The molecule has 0 unspecified atom stereocenters. The first-order valence-corrected chi connectivity index (χ1v) is 16.6. The summed E-state index contributed by atoms with van der Waals surface area (Å²) in [4.78, 5) is 22.0. The number of allylic oxidation sites excluding steroid dienone is 1. The van der Waals surface area contributed by atoms with E-state index < -0.39 is 5.83 Å². The van der Waals surface area contributed by atoms with Gasteiger partial charge in [-0.25, -0.2) is 4.39 Å². The third-order valence-corrected chi connectivity index (χ3v) is 8.16. The summed E-state index contributed by atoms with van der Waals surface area (Å²) in [5.41, 5.74) is 2.53. The van der Waals surface area contributed by atoms with Gasteiger partial charge in [0.25, 0.3) is 0 Å². The number of halogens is 1. The van der Waals surface area contributed by atoms with Gasteiger partial charge in [-0.1, -0.05) is 40.2 Å². The van der Waals surface area contributed by atoms with E-state index in [4.69, 9.17) is 23.7 Å². The topological polar surface area (TPSA) is 95.1 Å². The van der Waals surface area contributed by atoms with Gasteiger partial charge in [-0.05, 0) is 57.4 Å². The van der Waals surface area contributed by atoms with Crippen molar-refractivity contribution in [2.24, 2.45) is 0 Å². The van der Waals surface area contributed by atoms with Gasteiger partial charge in [0.2, 0.25) is 5.91 Å². The van der Waals surface area contributed by atoms with Gasteiger partial charge in [0.15, 0.2) is 23.1 Å².